The Labute approximate surface area is 196 Å². The Hall–Kier alpha value is -3.51. The van der Waals surface area contributed by atoms with Crippen molar-refractivity contribution in [1.29, 1.82) is 0 Å². The van der Waals surface area contributed by atoms with Crippen LogP contribution in [0.2, 0.25) is 0 Å². The van der Waals surface area contributed by atoms with Crippen molar-refractivity contribution in [3.63, 3.8) is 0 Å². The van der Waals surface area contributed by atoms with Crippen molar-refractivity contribution in [1.82, 2.24) is 25.1 Å². The molecule has 0 aliphatic carbocycles. The summed E-state index contributed by atoms with van der Waals surface area (Å²) in [4.78, 5) is 74.2. The summed E-state index contributed by atoms with van der Waals surface area (Å²) in [6, 6.07) is -2.79. The number of H-pyrrole nitrogens is 1. The van der Waals surface area contributed by atoms with Crippen LogP contribution >= 0.6 is 0 Å². The molecule has 190 valence electrons. The lowest BCUT2D eigenvalue weighted by Gasteiger charge is -2.25. The van der Waals surface area contributed by atoms with E-state index in [2.05, 4.69) is 17.6 Å². The number of hydrogen-bond acceptors (Lipinski definition) is 6. The SMILES string of the molecule is CCCCCCCC(=O)NC(CC(N)=O)C(=O)N[C@@H](C)CN(C)C(=O)n1cc(F)c(=O)[nH]c1=O. The quantitative estimate of drug-likeness (QED) is 0.282. The number of amides is 4. The molecule has 4 amide bonds. The molecule has 12 nitrogen and oxygen atoms in total. The summed E-state index contributed by atoms with van der Waals surface area (Å²) >= 11 is 0. The molecule has 5 N–H and O–H groups in total. The van der Waals surface area contributed by atoms with Crippen molar-refractivity contribution in [2.24, 2.45) is 5.73 Å². The zero-order chi connectivity index (χ0) is 25.8. The second-order valence-corrected chi connectivity index (χ2v) is 8.13. The summed E-state index contributed by atoms with van der Waals surface area (Å²) < 4.78 is 13.8. The summed E-state index contributed by atoms with van der Waals surface area (Å²) in [6.07, 6.45) is 4.99. The Morgan fingerprint density at radius 1 is 1.15 bits per heavy atom. The van der Waals surface area contributed by atoms with Crippen molar-refractivity contribution in [2.75, 3.05) is 13.6 Å². The van der Waals surface area contributed by atoms with Gasteiger partial charge >= 0.3 is 11.7 Å². The summed E-state index contributed by atoms with van der Waals surface area (Å²) in [5.41, 5.74) is 2.84. The van der Waals surface area contributed by atoms with Crippen LogP contribution < -0.4 is 27.6 Å². The molecule has 0 fully saturated rings. The second-order valence-electron chi connectivity index (χ2n) is 8.13. The van der Waals surface area contributed by atoms with Gasteiger partial charge in [-0.3, -0.25) is 24.2 Å². The molecule has 0 bridgehead atoms. The van der Waals surface area contributed by atoms with Crippen LogP contribution in [-0.4, -0.2) is 63.9 Å². The van der Waals surface area contributed by atoms with Gasteiger partial charge < -0.3 is 21.3 Å². The number of aromatic nitrogens is 2. The van der Waals surface area contributed by atoms with Gasteiger partial charge in [0.15, 0.2) is 0 Å². The van der Waals surface area contributed by atoms with E-state index in [1.165, 1.54) is 7.05 Å². The van der Waals surface area contributed by atoms with E-state index in [9.17, 15) is 33.2 Å². The highest BCUT2D eigenvalue weighted by Crippen LogP contribution is 2.05. The lowest BCUT2D eigenvalue weighted by molar-refractivity contribution is -0.131. The molecule has 0 radical (unpaired) electrons. The smallest absolute Gasteiger partial charge is 0.336 e. The van der Waals surface area contributed by atoms with Gasteiger partial charge in [-0.15, -0.1) is 0 Å². The van der Waals surface area contributed by atoms with E-state index >= 15 is 0 Å². The minimum absolute atomic E-state index is 0.105. The van der Waals surface area contributed by atoms with Crippen LogP contribution in [0.4, 0.5) is 9.18 Å². The molecule has 34 heavy (non-hydrogen) atoms. The molecular formula is C21H33FN6O6. The van der Waals surface area contributed by atoms with Crippen LogP contribution in [0, 0.1) is 5.82 Å². The summed E-state index contributed by atoms with van der Waals surface area (Å²) in [7, 11) is 1.31. The lowest BCUT2D eigenvalue weighted by atomic mass is 10.1. The Morgan fingerprint density at radius 3 is 2.41 bits per heavy atom. The topological polar surface area (TPSA) is 176 Å². The fourth-order valence-corrected chi connectivity index (χ4v) is 3.22. The van der Waals surface area contributed by atoms with Crippen molar-refractivity contribution < 1.29 is 23.6 Å². The van der Waals surface area contributed by atoms with E-state index in [0.717, 1.165) is 30.6 Å². The average molecular weight is 485 g/mol. The molecule has 1 heterocycles. The molecule has 0 saturated carbocycles. The zero-order valence-electron chi connectivity index (χ0n) is 19.7. The number of rotatable bonds is 13. The molecule has 1 aromatic rings. The number of carbonyl (C=O) groups is 4. The van der Waals surface area contributed by atoms with Crippen LogP contribution in [0.1, 0.15) is 58.8 Å². The number of hydrogen-bond donors (Lipinski definition) is 4. The number of nitrogens with zero attached hydrogens (tertiary/aromatic N) is 2. The molecule has 1 aromatic heterocycles. The number of nitrogens with two attached hydrogens (primary N) is 1. The second kappa shape index (κ2) is 13.9. The maximum absolute atomic E-state index is 13.4. The highest BCUT2D eigenvalue weighted by Gasteiger charge is 2.25. The fourth-order valence-electron chi connectivity index (χ4n) is 3.22. The third kappa shape index (κ3) is 9.55. The number of nitrogens with one attached hydrogen (secondary N) is 3. The predicted octanol–water partition coefficient (Wildman–Crippen LogP) is -0.199. The monoisotopic (exact) mass is 484 g/mol. The number of carbonyl (C=O) groups excluding carboxylic acids is 4. The summed E-state index contributed by atoms with van der Waals surface area (Å²) in [5, 5.41) is 5.08. The lowest BCUT2D eigenvalue weighted by Crippen LogP contribution is -2.53. The molecule has 2 atom stereocenters. The molecule has 1 unspecified atom stereocenters. The van der Waals surface area contributed by atoms with Crippen molar-refractivity contribution >= 4 is 23.8 Å². The first kappa shape index (κ1) is 28.5. The summed E-state index contributed by atoms with van der Waals surface area (Å²) in [6.45, 7) is 3.53. The third-order valence-electron chi connectivity index (χ3n) is 4.93. The van der Waals surface area contributed by atoms with Gasteiger partial charge in [0.2, 0.25) is 23.5 Å². The van der Waals surface area contributed by atoms with E-state index in [0.29, 0.717) is 17.2 Å². The molecular weight excluding hydrogens is 451 g/mol. The first-order valence-corrected chi connectivity index (χ1v) is 11.1. The highest BCUT2D eigenvalue weighted by molar-refractivity contribution is 5.91. The Bertz CT molecular complexity index is 991. The molecule has 1 rings (SSSR count). The number of unbranched alkanes of at least 4 members (excludes halogenated alkanes) is 4. The van der Waals surface area contributed by atoms with Crippen LogP contribution in [0.15, 0.2) is 15.8 Å². The van der Waals surface area contributed by atoms with Gasteiger partial charge in [-0.05, 0) is 13.3 Å². The standard InChI is InChI=1S/C21H33FN6O6/c1-4-5-6-7-8-9-17(30)25-15(10-16(23)29)19(32)24-13(2)11-27(3)21(34)28-12-14(22)18(31)26-20(28)33/h12-13,15H,4-11H2,1-3H3,(H2,23,29)(H,24,32)(H,25,30)(H,26,31,33)/t13-,15?/m0/s1. The van der Waals surface area contributed by atoms with E-state index < -0.39 is 53.4 Å². The maximum atomic E-state index is 13.4. The highest BCUT2D eigenvalue weighted by atomic mass is 19.1. The van der Waals surface area contributed by atoms with Crippen LogP contribution in [-0.2, 0) is 14.4 Å². The van der Waals surface area contributed by atoms with Gasteiger partial charge in [0.05, 0.1) is 12.6 Å². The van der Waals surface area contributed by atoms with E-state index in [4.69, 9.17) is 5.73 Å². The van der Waals surface area contributed by atoms with E-state index in [1.54, 1.807) is 11.9 Å². The van der Waals surface area contributed by atoms with Gasteiger partial charge in [-0.1, -0.05) is 32.6 Å². The summed E-state index contributed by atoms with van der Waals surface area (Å²) in [5.74, 6) is -3.13. The number of aromatic amines is 1. The number of halogens is 1. The van der Waals surface area contributed by atoms with E-state index in [1.807, 2.05) is 0 Å². The molecule has 0 aliphatic rings. The molecule has 0 saturated heterocycles. The number of primary amides is 1. The van der Waals surface area contributed by atoms with Gasteiger partial charge in [-0.2, -0.15) is 4.39 Å². The normalized spacial score (nSPS) is 12.5. The van der Waals surface area contributed by atoms with Crippen molar-refractivity contribution in [3.05, 3.63) is 32.9 Å². The fraction of sp³-hybridized carbons (Fsp3) is 0.619. The molecule has 0 aliphatic heterocycles. The van der Waals surface area contributed by atoms with Crippen LogP contribution in [0.5, 0.6) is 0 Å². The van der Waals surface area contributed by atoms with Gasteiger partial charge in [0.25, 0.3) is 5.56 Å². The molecule has 0 spiro atoms. The molecule has 0 aromatic carbocycles. The number of likely N-dealkylation sites (N-methyl/N-ethyl adjacent to an activating group) is 1. The van der Waals surface area contributed by atoms with Crippen LogP contribution in [0.25, 0.3) is 0 Å². The zero-order valence-corrected chi connectivity index (χ0v) is 19.7. The van der Waals surface area contributed by atoms with Crippen molar-refractivity contribution in [2.45, 2.75) is 70.9 Å². The minimum Gasteiger partial charge on any atom is -0.370 e. The predicted molar refractivity (Wildman–Crippen MR) is 121 cm³/mol. The Morgan fingerprint density at radius 2 is 1.79 bits per heavy atom. The first-order valence-electron chi connectivity index (χ1n) is 11.1. The maximum Gasteiger partial charge on any atom is 0.336 e. The third-order valence-corrected chi connectivity index (χ3v) is 4.93. The first-order chi connectivity index (χ1) is 16.0. The minimum atomic E-state index is -1.31. The molecule has 13 heteroatoms. The Kier molecular flexibility index (Phi) is 11.7. The van der Waals surface area contributed by atoms with Gasteiger partial charge in [0, 0.05) is 26.1 Å². The largest absolute Gasteiger partial charge is 0.370 e. The van der Waals surface area contributed by atoms with Crippen molar-refractivity contribution in [3.8, 4) is 0 Å². The Balaban J connectivity index is 2.70. The van der Waals surface area contributed by atoms with E-state index in [-0.39, 0.29) is 18.9 Å². The van der Waals surface area contributed by atoms with Crippen LogP contribution in [0.3, 0.4) is 0 Å². The average Bonchev–Trinajstić information content (AvgIpc) is 2.74. The van der Waals surface area contributed by atoms with Gasteiger partial charge in [-0.25, -0.2) is 14.2 Å². The van der Waals surface area contributed by atoms with Gasteiger partial charge in [0.1, 0.15) is 6.04 Å².